The van der Waals surface area contributed by atoms with Gasteiger partial charge in [0.15, 0.2) is 0 Å². The second-order valence-corrected chi connectivity index (χ2v) is 7.90. The maximum Gasteiger partial charge on any atom is 0.273 e. The van der Waals surface area contributed by atoms with Gasteiger partial charge in [-0.05, 0) is 54.1 Å². The molecule has 0 N–H and O–H groups in total. The summed E-state index contributed by atoms with van der Waals surface area (Å²) in [7, 11) is 1.47. The minimum atomic E-state index is -0.493. The van der Waals surface area contributed by atoms with E-state index in [1.807, 2.05) is 0 Å². The standard InChI is InChI=1S/C23H15ClFNO3S/c1-29-19-5-3-2-4-18(19)26-22(27)20(14-6-10-16(25)11-7-14)21(23(26)28)30-17-12-8-15(24)9-13-17/h2-13H,1H3. The average molecular weight is 440 g/mol. The number of carbonyl (C=O) groups excluding carboxylic acids is 2. The minimum absolute atomic E-state index is 0.214. The molecule has 0 atom stereocenters. The molecule has 30 heavy (non-hydrogen) atoms. The van der Waals surface area contributed by atoms with Crippen LogP contribution in [-0.2, 0) is 9.59 Å². The maximum absolute atomic E-state index is 13.5. The Morgan fingerprint density at radius 1 is 0.900 bits per heavy atom. The zero-order valence-corrected chi connectivity index (χ0v) is 17.3. The highest BCUT2D eigenvalue weighted by Gasteiger charge is 2.41. The van der Waals surface area contributed by atoms with Gasteiger partial charge in [-0.25, -0.2) is 9.29 Å². The number of ether oxygens (including phenoxy) is 1. The van der Waals surface area contributed by atoms with Crippen molar-refractivity contribution in [3.8, 4) is 5.75 Å². The first-order valence-corrected chi connectivity index (χ1v) is 10.1. The highest BCUT2D eigenvalue weighted by Crippen LogP contribution is 2.43. The Bertz CT molecular complexity index is 1160. The number of methoxy groups -OCH3 is 1. The molecule has 0 radical (unpaired) electrons. The van der Waals surface area contributed by atoms with E-state index in [1.54, 1.807) is 48.5 Å². The predicted molar refractivity (Wildman–Crippen MR) is 116 cm³/mol. The molecule has 1 heterocycles. The van der Waals surface area contributed by atoms with Crippen LogP contribution in [0, 0.1) is 5.82 Å². The molecule has 1 aliphatic heterocycles. The Morgan fingerprint density at radius 2 is 1.57 bits per heavy atom. The van der Waals surface area contributed by atoms with Crippen molar-refractivity contribution in [2.24, 2.45) is 0 Å². The number of hydrogen-bond donors (Lipinski definition) is 0. The van der Waals surface area contributed by atoms with Gasteiger partial charge in [0, 0.05) is 9.92 Å². The number of carbonyl (C=O) groups is 2. The third-order valence-electron chi connectivity index (χ3n) is 4.53. The monoisotopic (exact) mass is 439 g/mol. The number of rotatable bonds is 5. The summed E-state index contributed by atoms with van der Waals surface area (Å²) >= 11 is 7.12. The van der Waals surface area contributed by atoms with Gasteiger partial charge in [0.2, 0.25) is 0 Å². The molecule has 0 fully saturated rings. The molecule has 0 unspecified atom stereocenters. The average Bonchev–Trinajstić information content (AvgIpc) is 3.00. The number of amides is 2. The largest absolute Gasteiger partial charge is 0.495 e. The molecule has 0 aromatic heterocycles. The third kappa shape index (κ3) is 3.72. The Morgan fingerprint density at radius 3 is 2.23 bits per heavy atom. The summed E-state index contributed by atoms with van der Waals surface area (Å²) in [5.41, 5.74) is 1.02. The molecule has 0 spiro atoms. The predicted octanol–water partition coefficient (Wildman–Crippen LogP) is 5.56. The van der Waals surface area contributed by atoms with Gasteiger partial charge in [-0.1, -0.05) is 47.6 Å². The quantitative estimate of drug-likeness (QED) is 0.488. The summed E-state index contributed by atoms with van der Waals surface area (Å²) in [6.45, 7) is 0. The van der Waals surface area contributed by atoms with Crippen molar-refractivity contribution in [1.29, 1.82) is 0 Å². The molecule has 1 aliphatic rings. The van der Waals surface area contributed by atoms with Gasteiger partial charge < -0.3 is 4.74 Å². The summed E-state index contributed by atoms with van der Waals surface area (Å²) in [6.07, 6.45) is 0. The molecule has 4 rings (SSSR count). The van der Waals surface area contributed by atoms with Crippen molar-refractivity contribution in [2.45, 2.75) is 4.90 Å². The first-order chi connectivity index (χ1) is 14.5. The number of thioether (sulfide) groups is 1. The van der Waals surface area contributed by atoms with Gasteiger partial charge in [-0.15, -0.1) is 0 Å². The summed E-state index contributed by atoms with van der Waals surface area (Å²) in [4.78, 5) is 28.9. The number of benzene rings is 3. The third-order valence-corrected chi connectivity index (χ3v) is 5.88. The van der Waals surface area contributed by atoms with Crippen molar-refractivity contribution in [3.63, 3.8) is 0 Å². The lowest BCUT2D eigenvalue weighted by molar-refractivity contribution is -0.119. The first kappa shape index (κ1) is 20.2. The number of para-hydroxylation sites is 2. The van der Waals surface area contributed by atoms with Crippen molar-refractivity contribution in [1.82, 2.24) is 0 Å². The summed E-state index contributed by atoms with van der Waals surface area (Å²) in [6, 6.07) is 19.3. The number of hydrogen-bond acceptors (Lipinski definition) is 4. The summed E-state index contributed by atoms with van der Waals surface area (Å²) in [5.74, 6) is -0.989. The fourth-order valence-corrected chi connectivity index (χ4v) is 4.25. The van der Waals surface area contributed by atoms with Crippen LogP contribution in [0.5, 0.6) is 5.75 Å². The maximum atomic E-state index is 13.5. The first-order valence-electron chi connectivity index (χ1n) is 8.95. The van der Waals surface area contributed by atoms with E-state index in [1.165, 1.54) is 43.1 Å². The molecule has 3 aromatic carbocycles. The van der Waals surface area contributed by atoms with Crippen LogP contribution in [0.1, 0.15) is 5.56 Å². The van der Waals surface area contributed by atoms with E-state index in [0.29, 0.717) is 22.0 Å². The number of imide groups is 1. The molecule has 7 heteroatoms. The fourth-order valence-electron chi connectivity index (χ4n) is 3.13. The van der Waals surface area contributed by atoms with Crippen LogP contribution >= 0.6 is 23.4 Å². The normalized spacial score (nSPS) is 13.9. The van der Waals surface area contributed by atoms with Crippen molar-refractivity contribution < 1.29 is 18.7 Å². The van der Waals surface area contributed by atoms with Crippen molar-refractivity contribution in [3.05, 3.63) is 94.1 Å². The molecule has 2 amide bonds. The zero-order chi connectivity index (χ0) is 21.3. The van der Waals surface area contributed by atoms with Crippen LogP contribution in [0.25, 0.3) is 5.57 Å². The molecule has 0 saturated carbocycles. The van der Waals surface area contributed by atoms with Crippen LogP contribution in [0.2, 0.25) is 5.02 Å². The molecule has 150 valence electrons. The van der Waals surface area contributed by atoms with Gasteiger partial charge in [-0.3, -0.25) is 9.59 Å². The Labute approximate surface area is 181 Å². The minimum Gasteiger partial charge on any atom is -0.495 e. The van der Waals surface area contributed by atoms with E-state index in [0.717, 1.165) is 9.80 Å². The second-order valence-electron chi connectivity index (χ2n) is 6.38. The fraction of sp³-hybridized carbons (Fsp3) is 0.0435. The molecular formula is C23H15ClFNO3S. The molecule has 0 aliphatic carbocycles. The van der Waals surface area contributed by atoms with Gasteiger partial charge in [0.05, 0.1) is 23.3 Å². The van der Waals surface area contributed by atoms with E-state index < -0.39 is 17.6 Å². The number of halogens is 2. The van der Waals surface area contributed by atoms with E-state index in [2.05, 4.69) is 0 Å². The molecule has 3 aromatic rings. The highest BCUT2D eigenvalue weighted by molar-refractivity contribution is 8.04. The zero-order valence-electron chi connectivity index (χ0n) is 15.8. The molecule has 0 saturated heterocycles. The van der Waals surface area contributed by atoms with Crippen LogP contribution < -0.4 is 9.64 Å². The van der Waals surface area contributed by atoms with E-state index >= 15 is 0 Å². The van der Waals surface area contributed by atoms with E-state index in [4.69, 9.17) is 16.3 Å². The van der Waals surface area contributed by atoms with Crippen molar-refractivity contribution >= 4 is 46.4 Å². The van der Waals surface area contributed by atoms with Crippen LogP contribution in [0.3, 0.4) is 0 Å². The lowest BCUT2D eigenvalue weighted by Gasteiger charge is -2.18. The number of nitrogens with zero attached hydrogens (tertiary/aromatic N) is 1. The smallest absolute Gasteiger partial charge is 0.273 e. The molecule has 0 bridgehead atoms. The Hall–Kier alpha value is -3.09. The lowest BCUT2D eigenvalue weighted by atomic mass is 10.1. The Kier molecular flexibility index (Phi) is 5.61. The van der Waals surface area contributed by atoms with E-state index in [9.17, 15) is 14.0 Å². The van der Waals surface area contributed by atoms with Gasteiger partial charge in [-0.2, -0.15) is 0 Å². The van der Waals surface area contributed by atoms with Gasteiger partial charge in [0.1, 0.15) is 11.6 Å². The van der Waals surface area contributed by atoms with Crippen LogP contribution in [0.4, 0.5) is 10.1 Å². The van der Waals surface area contributed by atoms with Crippen LogP contribution in [0.15, 0.2) is 82.6 Å². The molecule has 4 nitrogen and oxygen atoms in total. The van der Waals surface area contributed by atoms with E-state index in [-0.39, 0.29) is 10.5 Å². The lowest BCUT2D eigenvalue weighted by Crippen LogP contribution is -2.31. The second kappa shape index (κ2) is 8.34. The Balaban J connectivity index is 1.83. The molecular weight excluding hydrogens is 425 g/mol. The van der Waals surface area contributed by atoms with Gasteiger partial charge in [0.25, 0.3) is 11.8 Å². The number of anilines is 1. The summed E-state index contributed by atoms with van der Waals surface area (Å²) < 4.78 is 18.8. The SMILES string of the molecule is COc1ccccc1N1C(=O)C(Sc2ccc(Cl)cc2)=C(c2ccc(F)cc2)C1=O. The summed E-state index contributed by atoms with van der Waals surface area (Å²) in [5, 5.41) is 0.566. The topological polar surface area (TPSA) is 46.6 Å². The van der Waals surface area contributed by atoms with Gasteiger partial charge >= 0.3 is 0 Å². The van der Waals surface area contributed by atoms with Crippen LogP contribution in [-0.4, -0.2) is 18.9 Å². The van der Waals surface area contributed by atoms with Crippen molar-refractivity contribution in [2.75, 3.05) is 12.0 Å². The highest BCUT2D eigenvalue weighted by atomic mass is 35.5.